The standard InChI is InChI=1S/C16H23N3O/c1-12-6-10-19(11-7-12)15(20)18-16(8-9-16)13-2-4-14(17)5-3-13/h2-5,12H,6-11,17H2,1H3,(H,18,20). The summed E-state index contributed by atoms with van der Waals surface area (Å²) in [6.45, 7) is 4.02. The summed E-state index contributed by atoms with van der Waals surface area (Å²) in [5, 5.41) is 3.23. The van der Waals surface area contributed by atoms with Crippen molar-refractivity contribution in [2.24, 2.45) is 5.92 Å². The second kappa shape index (κ2) is 5.00. The summed E-state index contributed by atoms with van der Waals surface area (Å²) in [5.74, 6) is 0.742. The van der Waals surface area contributed by atoms with Gasteiger partial charge in [0.2, 0.25) is 0 Å². The maximum atomic E-state index is 12.4. The monoisotopic (exact) mass is 273 g/mol. The minimum absolute atomic E-state index is 0.0891. The lowest BCUT2D eigenvalue weighted by molar-refractivity contribution is 0.169. The van der Waals surface area contributed by atoms with Crippen LogP contribution in [0.2, 0.25) is 0 Å². The van der Waals surface area contributed by atoms with Gasteiger partial charge in [-0.05, 0) is 49.3 Å². The fourth-order valence-corrected chi connectivity index (χ4v) is 2.91. The number of rotatable bonds is 2. The zero-order chi connectivity index (χ0) is 14.2. The van der Waals surface area contributed by atoms with Crippen molar-refractivity contribution in [3.8, 4) is 0 Å². The predicted octanol–water partition coefficient (Wildman–Crippen LogP) is 2.70. The first-order valence-corrected chi connectivity index (χ1v) is 7.52. The van der Waals surface area contributed by atoms with Gasteiger partial charge in [-0.15, -0.1) is 0 Å². The molecule has 4 heteroatoms. The zero-order valence-electron chi connectivity index (χ0n) is 12.1. The smallest absolute Gasteiger partial charge is 0.318 e. The number of benzene rings is 1. The molecule has 20 heavy (non-hydrogen) atoms. The number of nitrogen functional groups attached to an aromatic ring is 1. The number of hydrogen-bond donors (Lipinski definition) is 2. The number of hydrogen-bond acceptors (Lipinski definition) is 2. The van der Waals surface area contributed by atoms with Gasteiger partial charge in [0.05, 0.1) is 5.54 Å². The zero-order valence-corrected chi connectivity index (χ0v) is 12.1. The summed E-state index contributed by atoms with van der Waals surface area (Å²) in [4.78, 5) is 14.3. The van der Waals surface area contributed by atoms with Gasteiger partial charge >= 0.3 is 6.03 Å². The number of urea groups is 1. The van der Waals surface area contributed by atoms with Crippen LogP contribution in [0.3, 0.4) is 0 Å². The summed E-state index contributed by atoms with van der Waals surface area (Å²) in [6.07, 6.45) is 4.27. The second-order valence-electron chi connectivity index (χ2n) is 6.30. The molecule has 2 fully saturated rings. The Labute approximate surface area is 120 Å². The highest BCUT2D eigenvalue weighted by Crippen LogP contribution is 2.45. The average Bonchev–Trinajstić information content (AvgIpc) is 3.21. The molecule has 108 valence electrons. The normalized spacial score (nSPS) is 21.6. The first-order valence-electron chi connectivity index (χ1n) is 7.52. The van der Waals surface area contributed by atoms with Gasteiger partial charge in [-0.1, -0.05) is 19.1 Å². The van der Waals surface area contributed by atoms with E-state index in [4.69, 9.17) is 5.73 Å². The molecule has 1 aromatic rings. The Morgan fingerprint density at radius 1 is 1.25 bits per heavy atom. The Morgan fingerprint density at radius 2 is 1.85 bits per heavy atom. The number of carbonyl (C=O) groups excluding carboxylic acids is 1. The van der Waals surface area contributed by atoms with Crippen molar-refractivity contribution in [3.05, 3.63) is 29.8 Å². The maximum absolute atomic E-state index is 12.4. The minimum atomic E-state index is -0.145. The Kier molecular flexibility index (Phi) is 3.32. The van der Waals surface area contributed by atoms with Crippen LogP contribution in [0.15, 0.2) is 24.3 Å². The third-order valence-electron chi connectivity index (χ3n) is 4.63. The van der Waals surface area contributed by atoms with E-state index in [1.165, 1.54) is 5.56 Å². The Bertz CT molecular complexity index is 485. The Hall–Kier alpha value is -1.71. The number of anilines is 1. The van der Waals surface area contributed by atoms with Gasteiger partial charge in [0, 0.05) is 18.8 Å². The number of nitrogens with one attached hydrogen (secondary N) is 1. The molecule has 0 radical (unpaired) electrons. The lowest BCUT2D eigenvalue weighted by Gasteiger charge is -2.32. The van der Waals surface area contributed by atoms with Crippen molar-refractivity contribution in [2.75, 3.05) is 18.8 Å². The molecule has 3 N–H and O–H groups in total. The van der Waals surface area contributed by atoms with Gasteiger partial charge in [-0.25, -0.2) is 4.79 Å². The Morgan fingerprint density at radius 3 is 2.40 bits per heavy atom. The molecule has 3 rings (SSSR count). The molecular weight excluding hydrogens is 250 g/mol. The number of likely N-dealkylation sites (tertiary alicyclic amines) is 1. The van der Waals surface area contributed by atoms with E-state index in [9.17, 15) is 4.79 Å². The third kappa shape index (κ3) is 2.60. The maximum Gasteiger partial charge on any atom is 0.318 e. The van der Waals surface area contributed by atoms with E-state index in [2.05, 4.69) is 12.2 Å². The molecule has 1 aromatic carbocycles. The number of piperidine rings is 1. The van der Waals surface area contributed by atoms with Crippen LogP contribution in [-0.4, -0.2) is 24.0 Å². The van der Waals surface area contributed by atoms with Crippen LogP contribution in [0.25, 0.3) is 0 Å². The quantitative estimate of drug-likeness (QED) is 0.814. The number of amides is 2. The topological polar surface area (TPSA) is 58.4 Å². The van der Waals surface area contributed by atoms with E-state index < -0.39 is 0 Å². The number of carbonyl (C=O) groups is 1. The highest BCUT2D eigenvalue weighted by molar-refractivity contribution is 5.76. The summed E-state index contributed by atoms with van der Waals surface area (Å²) < 4.78 is 0. The van der Waals surface area contributed by atoms with E-state index in [0.717, 1.165) is 50.4 Å². The van der Waals surface area contributed by atoms with Gasteiger partial charge in [0.15, 0.2) is 0 Å². The van der Waals surface area contributed by atoms with Crippen molar-refractivity contribution in [3.63, 3.8) is 0 Å². The van der Waals surface area contributed by atoms with Gasteiger partial charge in [-0.3, -0.25) is 0 Å². The average molecular weight is 273 g/mol. The van der Waals surface area contributed by atoms with Crippen molar-refractivity contribution >= 4 is 11.7 Å². The first kappa shape index (κ1) is 13.3. The predicted molar refractivity (Wildman–Crippen MR) is 80.3 cm³/mol. The SMILES string of the molecule is CC1CCN(C(=O)NC2(c3ccc(N)cc3)CC2)CC1. The molecule has 0 bridgehead atoms. The van der Waals surface area contributed by atoms with Crippen molar-refractivity contribution in [1.29, 1.82) is 0 Å². The molecule has 1 saturated heterocycles. The minimum Gasteiger partial charge on any atom is -0.399 e. The molecule has 1 aliphatic heterocycles. The number of nitrogens with two attached hydrogens (primary N) is 1. The Balaban J connectivity index is 1.65. The van der Waals surface area contributed by atoms with Crippen LogP contribution in [0.1, 0.15) is 38.2 Å². The molecule has 0 aromatic heterocycles. The van der Waals surface area contributed by atoms with E-state index in [-0.39, 0.29) is 11.6 Å². The van der Waals surface area contributed by atoms with Crippen molar-refractivity contribution < 1.29 is 4.79 Å². The molecule has 0 spiro atoms. The van der Waals surface area contributed by atoms with Crippen LogP contribution in [0.4, 0.5) is 10.5 Å². The number of nitrogens with zero attached hydrogens (tertiary/aromatic N) is 1. The molecule has 4 nitrogen and oxygen atoms in total. The molecule has 1 aliphatic carbocycles. The van der Waals surface area contributed by atoms with Crippen LogP contribution >= 0.6 is 0 Å². The highest BCUT2D eigenvalue weighted by atomic mass is 16.2. The van der Waals surface area contributed by atoms with Gasteiger partial charge in [-0.2, -0.15) is 0 Å². The largest absolute Gasteiger partial charge is 0.399 e. The van der Waals surface area contributed by atoms with E-state index in [1.807, 2.05) is 29.2 Å². The highest BCUT2D eigenvalue weighted by Gasteiger charge is 2.46. The van der Waals surface area contributed by atoms with Crippen LogP contribution in [0.5, 0.6) is 0 Å². The molecule has 2 amide bonds. The van der Waals surface area contributed by atoms with Gasteiger partial charge < -0.3 is 16.0 Å². The van der Waals surface area contributed by atoms with Crippen molar-refractivity contribution in [2.45, 2.75) is 38.1 Å². The molecule has 0 unspecified atom stereocenters. The summed E-state index contributed by atoms with van der Waals surface area (Å²) in [5.41, 5.74) is 7.52. The van der Waals surface area contributed by atoms with Gasteiger partial charge in [0.25, 0.3) is 0 Å². The summed E-state index contributed by atoms with van der Waals surface area (Å²) in [7, 11) is 0. The van der Waals surface area contributed by atoms with Crippen LogP contribution < -0.4 is 11.1 Å². The first-order chi connectivity index (χ1) is 9.59. The summed E-state index contributed by atoms with van der Waals surface area (Å²) in [6, 6.07) is 7.96. The molecule has 1 saturated carbocycles. The van der Waals surface area contributed by atoms with E-state index in [0.29, 0.717) is 0 Å². The summed E-state index contributed by atoms with van der Waals surface area (Å²) >= 11 is 0. The molecule has 1 heterocycles. The lowest BCUT2D eigenvalue weighted by Crippen LogP contribution is -2.47. The lowest BCUT2D eigenvalue weighted by atomic mass is 9.99. The van der Waals surface area contributed by atoms with Crippen LogP contribution in [0, 0.1) is 5.92 Å². The molecule has 2 aliphatic rings. The van der Waals surface area contributed by atoms with Crippen molar-refractivity contribution in [1.82, 2.24) is 10.2 Å². The van der Waals surface area contributed by atoms with Gasteiger partial charge in [0.1, 0.15) is 0 Å². The van der Waals surface area contributed by atoms with E-state index >= 15 is 0 Å². The fourth-order valence-electron chi connectivity index (χ4n) is 2.91. The molecule has 0 atom stereocenters. The van der Waals surface area contributed by atoms with Crippen LogP contribution in [-0.2, 0) is 5.54 Å². The second-order valence-corrected chi connectivity index (χ2v) is 6.30. The van der Waals surface area contributed by atoms with E-state index in [1.54, 1.807) is 0 Å². The molecular formula is C16H23N3O. The fraction of sp³-hybridized carbons (Fsp3) is 0.562. The third-order valence-corrected chi connectivity index (χ3v) is 4.63.